The molecular weight excluding hydrogens is 698 g/mol. The highest BCUT2D eigenvalue weighted by atomic mass is 16.6. The van der Waals surface area contributed by atoms with Crippen molar-refractivity contribution in [3.05, 3.63) is 71.5 Å². The highest BCUT2D eigenvalue weighted by Gasteiger charge is 2.22. The molecule has 0 bridgehead atoms. The molecule has 5 rings (SSSR count). The van der Waals surface area contributed by atoms with Crippen LogP contribution in [0.15, 0.2) is 54.7 Å². The normalized spacial score (nSPS) is 10.9. The van der Waals surface area contributed by atoms with Crippen molar-refractivity contribution in [2.75, 3.05) is 35.0 Å². The molecule has 0 spiro atoms. The number of pyridine rings is 1. The van der Waals surface area contributed by atoms with Crippen LogP contribution in [0, 0.1) is 13.8 Å². The summed E-state index contributed by atoms with van der Waals surface area (Å²) in [5.41, 5.74) is 14.9. The number of fused-ring (bicyclic) bond motifs is 3. The number of hydrogen-bond donors (Lipinski definition) is 2. The van der Waals surface area contributed by atoms with Gasteiger partial charge in [0.05, 0.1) is 39.6 Å². The monoisotopic (exact) mass is 745 g/mol. The molecule has 0 saturated carbocycles. The largest absolute Gasteiger partial charge is 0.496 e. The Balaban J connectivity index is 0.000000384. The molecule has 0 fully saturated rings. The number of nitrogens with zero attached hydrogens (tertiary/aromatic N) is 1. The Bertz CT molecular complexity index is 2120. The molecule has 14 heteroatoms. The van der Waals surface area contributed by atoms with Crippen molar-refractivity contribution < 1.29 is 52.3 Å². The average Bonchev–Trinajstić information content (AvgIpc) is 3.46. The van der Waals surface area contributed by atoms with Crippen molar-refractivity contribution in [1.82, 2.24) is 4.40 Å². The number of nitrogens with two attached hydrogens (primary N) is 2. The van der Waals surface area contributed by atoms with E-state index in [2.05, 4.69) is 0 Å². The molecule has 54 heavy (non-hydrogen) atoms. The van der Waals surface area contributed by atoms with E-state index >= 15 is 0 Å². The number of benzene rings is 3. The van der Waals surface area contributed by atoms with Gasteiger partial charge in [-0.15, -0.1) is 0 Å². The zero-order valence-corrected chi connectivity index (χ0v) is 31.9. The number of rotatable bonds is 12. The van der Waals surface area contributed by atoms with E-state index in [1.807, 2.05) is 31.2 Å². The maximum Gasteiger partial charge on any atom is 0.328 e. The number of esters is 2. The van der Waals surface area contributed by atoms with Crippen LogP contribution in [0.2, 0.25) is 0 Å². The zero-order valence-electron chi connectivity index (χ0n) is 31.9. The number of aromatic nitrogens is 1. The van der Waals surface area contributed by atoms with Gasteiger partial charge in [0.15, 0.2) is 40.8 Å². The van der Waals surface area contributed by atoms with E-state index in [4.69, 9.17) is 44.6 Å². The van der Waals surface area contributed by atoms with Gasteiger partial charge in [-0.1, -0.05) is 19.9 Å². The smallest absolute Gasteiger partial charge is 0.328 e. The molecule has 1 atom stereocenters. The summed E-state index contributed by atoms with van der Waals surface area (Å²) in [6.45, 7) is 10.0. The van der Waals surface area contributed by atoms with Crippen LogP contribution >= 0.6 is 0 Å². The van der Waals surface area contributed by atoms with Gasteiger partial charge in [-0.2, -0.15) is 0 Å². The minimum absolute atomic E-state index is 0.225. The van der Waals surface area contributed by atoms with Gasteiger partial charge in [-0.3, -0.25) is 14.4 Å². The first-order chi connectivity index (χ1) is 25.9. The highest BCUT2D eigenvalue weighted by Crippen LogP contribution is 2.42. The fourth-order valence-electron chi connectivity index (χ4n) is 5.43. The van der Waals surface area contributed by atoms with E-state index in [9.17, 15) is 19.2 Å². The molecule has 1 unspecified atom stereocenters. The first-order valence-electron chi connectivity index (χ1n) is 16.9. The number of methoxy groups -OCH3 is 4. The SMILES string of the molecule is CCC(=O)Oc1cc2ccn3c(C=O)c(C)c(-c4ccc(OC(=O)C(C)N)c(OC)c4)c3c2cc1OC.CCN.COc1cc(OC=O)c(OC)cc1C. The third-order valence-corrected chi connectivity index (χ3v) is 8.01. The molecule has 0 aliphatic heterocycles. The van der Waals surface area contributed by atoms with Crippen LogP contribution < -0.4 is 44.6 Å². The fraction of sp³-hybridized carbons (Fsp3) is 0.300. The average molecular weight is 746 g/mol. The topological polar surface area (TPSA) is 189 Å². The Labute approximate surface area is 313 Å². The number of carbonyl (C=O) groups is 4. The Morgan fingerprint density at radius 2 is 1.39 bits per heavy atom. The van der Waals surface area contributed by atoms with Crippen LogP contribution in [-0.4, -0.2) is 70.1 Å². The molecule has 0 aliphatic carbocycles. The number of aldehydes is 1. The fourth-order valence-corrected chi connectivity index (χ4v) is 5.43. The summed E-state index contributed by atoms with van der Waals surface area (Å²) in [7, 11) is 6.04. The minimum atomic E-state index is -0.792. The van der Waals surface area contributed by atoms with Gasteiger partial charge in [0.2, 0.25) is 0 Å². The van der Waals surface area contributed by atoms with Crippen molar-refractivity contribution in [2.24, 2.45) is 11.5 Å². The Morgan fingerprint density at radius 3 is 1.94 bits per heavy atom. The second-order valence-electron chi connectivity index (χ2n) is 11.6. The lowest BCUT2D eigenvalue weighted by atomic mass is 9.99. The third kappa shape index (κ3) is 9.45. The molecule has 0 saturated heterocycles. The molecular formula is C40H47N3O11. The molecule has 4 N–H and O–H groups in total. The molecule has 5 aromatic rings. The van der Waals surface area contributed by atoms with Crippen LogP contribution in [0.1, 0.15) is 48.8 Å². The second-order valence-corrected chi connectivity index (χ2v) is 11.6. The van der Waals surface area contributed by atoms with E-state index in [0.717, 1.165) is 51.4 Å². The van der Waals surface area contributed by atoms with E-state index in [1.165, 1.54) is 28.3 Å². The Morgan fingerprint density at radius 1 is 0.778 bits per heavy atom. The summed E-state index contributed by atoms with van der Waals surface area (Å²) in [5, 5.41) is 1.58. The van der Waals surface area contributed by atoms with Gasteiger partial charge < -0.3 is 49.0 Å². The van der Waals surface area contributed by atoms with Crippen molar-refractivity contribution >= 4 is 41.0 Å². The summed E-state index contributed by atoms with van der Waals surface area (Å²) in [6, 6.07) is 13.1. The lowest BCUT2D eigenvalue weighted by Crippen LogP contribution is -2.30. The van der Waals surface area contributed by atoms with Crippen molar-refractivity contribution in [2.45, 2.75) is 47.1 Å². The van der Waals surface area contributed by atoms with Crippen molar-refractivity contribution in [3.8, 4) is 51.4 Å². The summed E-state index contributed by atoms with van der Waals surface area (Å²) in [4.78, 5) is 46.3. The van der Waals surface area contributed by atoms with Crippen LogP contribution in [0.25, 0.3) is 27.4 Å². The summed E-state index contributed by atoms with van der Waals surface area (Å²) in [5.74, 6) is 1.83. The van der Waals surface area contributed by atoms with Gasteiger partial charge in [0.25, 0.3) is 6.47 Å². The molecule has 0 aliphatic rings. The maximum absolute atomic E-state index is 12.1. The van der Waals surface area contributed by atoms with Gasteiger partial charge in [0, 0.05) is 29.6 Å². The van der Waals surface area contributed by atoms with E-state index < -0.39 is 12.0 Å². The molecule has 14 nitrogen and oxygen atoms in total. The molecule has 288 valence electrons. The number of carbonyl (C=O) groups excluding carboxylic acids is 4. The van der Waals surface area contributed by atoms with Crippen LogP contribution in [-0.2, 0) is 14.4 Å². The number of ether oxygens (including phenoxy) is 7. The second kappa shape index (κ2) is 19.6. The van der Waals surface area contributed by atoms with Crippen LogP contribution in [0.3, 0.4) is 0 Å². The molecule has 2 heterocycles. The quantitative estimate of drug-likeness (QED) is 0.0863. The summed E-state index contributed by atoms with van der Waals surface area (Å²) in [6.07, 6.45) is 2.83. The van der Waals surface area contributed by atoms with Gasteiger partial charge in [-0.25, -0.2) is 4.79 Å². The van der Waals surface area contributed by atoms with Gasteiger partial charge in [0.1, 0.15) is 11.8 Å². The van der Waals surface area contributed by atoms with E-state index in [-0.39, 0.29) is 18.1 Å². The number of aryl methyl sites for hydroxylation is 1. The van der Waals surface area contributed by atoms with Crippen LogP contribution in [0.4, 0.5) is 0 Å². The first-order valence-corrected chi connectivity index (χ1v) is 16.9. The van der Waals surface area contributed by atoms with Crippen LogP contribution in [0.5, 0.6) is 40.2 Å². The highest BCUT2D eigenvalue weighted by molar-refractivity contribution is 6.08. The first kappa shape index (κ1) is 42.3. The van der Waals surface area contributed by atoms with E-state index in [1.54, 1.807) is 62.7 Å². The predicted octanol–water partition coefficient (Wildman–Crippen LogP) is 5.98. The lowest BCUT2D eigenvalue weighted by Gasteiger charge is -2.14. The predicted molar refractivity (Wildman–Crippen MR) is 204 cm³/mol. The molecule has 3 aromatic carbocycles. The summed E-state index contributed by atoms with van der Waals surface area (Å²) < 4.78 is 38.5. The molecule has 0 amide bonds. The lowest BCUT2D eigenvalue weighted by molar-refractivity contribution is -0.135. The Kier molecular flexibility index (Phi) is 15.4. The maximum atomic E-state index is 12.1. The Hall–Kier alpha value is -6.12. The van der Waals surface area contributed by atoms with Gasteiger partial charge in [-0.05, 0) is 85.8 Å². The molecule has 2 aromatic heterocycles. The third-order valence-electron chi connectivity index (χ3n) is 8.01. The van der Waals surface area contributed by atoms with E-state index in [0.29, 0.717) is 46.7 Å². The summed E-state index contributed by atoms with van der Waals surface area (Å²) >= 11 is 0. The van der Waals surface area contributed by atoms with Gasteiger partial charge >= 0.3 is 11.9 Å². The number of hydrogen-bond acceptors (Lipinski definition) is 13. The molecule has 0 radical (unpaired) electrons. The zero-order chi connectivity index (χ0) is 40.1. The minimum Gasteiger partial charge on any atom is -0.496 e. The standard InChI is InChI=1S/C28H28N2O7.C10H12O4.C2H7N/c1-6-25(32)36-24-11-17-9-10-30-20(14-31)15(2)26(27(30)19(17)13-23(24)35-5)18-7-8-21(22(12-18)34-4)37-28(33)16(3)29;1-7-4-9(13-3)10(14-6-11)5-8(7)12-2;1-2-3/h7-14,16H,6,29H2,1-5H3;4-6H,1-3H3;2-3H2,1H3. The van der Waals surface area contributed by atoms with Crippen molar-refractivity contribution in [1.29, 1.82) is 0 Å². The van der Waals surface area contributed by atoms with Crippen molar-refractivity contribution in [3.63, 3.8) is 0 Å².